The Labute approximate surface area is 101 Å². The van der Waals surface area contributed by atoms with Crippen molar-refractivity contribution in [1.29, 1.82) is 0 Å². The predicted octanol–water partition coefficient (Wildman–Crippen LogP) is -0.0983. The maximum Gasteiger partial charge on any atom is 0.237 e. The Morgan fingerprint density at radius 2 is 2.47 bits per heavy atom. The number of amides is 1. The molecular weight excluding hydrogens is 216 g/mol. The number of nitrogens with zero attached hydrogens (tertiary/aromatic N) is 2. The number of nitrogens with one attached hydrogen (secondary N) is 1. The molecule has 1 aliphatic heterocycles. The summed E-state index contributed by atoms with van der Waals surface area (Å²) < 4.78 is 0. The second-order valence-corrected chi connectivity index (χ2v) is 4.21. The van der Waals surface area contributed by atoms with Gasteiger partial charge in [-0.1, -0.05) is 6.07 Å². The van der Waals surface area contributed by atoms with Gasteiger partial charge in [-0.2, -0.15) is 0 Å². The predicted molar refractivity (Wildman–Crippen MR) is 65.2 cm³/mol. The summed E-state index contributed by atoms with van der Waals surface area (Å²) in [5.41, 5.74) is 6.76. The number of pyridine rings is 1. The molecule has 0 spiro atoms. The van der Waals surface area contributed by atoms with Crippen LogP contribution in [0.5, 0.6) is 0 Å². The topological polar surface area (TPSA) is 71.2 Å². The van der Waals surface area contributed by atoms with Gasteiger partial charge in [-0.15, -0.1) is 0 Å². The molecule has 1 fully saturated rings. The first kappa shape index (κ1) is 12.0. The lowest BCUT2D eigenvalue weighted by Crippen LogP contribution is -2.55. The van der Waals surface area contributed by atoms with Gasteiger partial charge in [0.2, 0.25) is 5.91 Å². The molecule has 1 saturated heterocycles. The van der Waals surface area contributed by atoms with Crippen molar-refractivity contribution < 1.29 is 4.79 Å². The Bertz CT molecular complexity index is 381. The van der Waals surface area contributed by atoms with E-state index in [-0.39, 0.29) is 18.0 Å². The van der Waals surface area contributed by atoms with Crippen molar-refractivity contribution in [3.05, 3.63) is 30.1 Å². The van der Waals surface area contributed by atoms with Crippen LogP contribution in [-0.2, 0) is 4.79 Å². The molecule has 5 heteroatoms. The fourth-order valence-electron chi connectivity index (χ4n) is 2.23. The van der Waals surface area contributed by atoms with Crippen molar-refractivity contribution in [1.82, 2.24) is 15.2 Å². The summed E-state index contributed by atoms with van der Waals surface area (Å²) in [6.45, 7) is 3.85. The molecule has 3 N–H and O–H groups in total. The van der Waals surface area contributed by atoms with Crippen molar-refractivity contribution in [2.24, 2.45) is 5.73 Å². The van der Waals surface area contributed by atoms with Crippen molar-refractivity contribution in [2.75, 3.05) is 19.6 Å². The van der Waals surface area contributed by atoms with Crippen molar-refractivity contribution in [3.8, 4) is 0 Å². The van der Waals surface area contributed by atoms with Gasteiger partial charge in [-0.3, -0.25) is 14.7 Å². The summed E-state index contributed by atoms with van der Waals surface area (Å²) in [4.78, 5) is 18.1. The normalized spacial score (nSPS) is 23.2. The molecule has 0 aliphatic carbocycles. The molecule has 17 heavy (non-hydrogen) atoms. The molecule has 0 radical (unpaired) electrons. The average Bonchev–Trinajstić information content (AvgIpc) is 2.37. The first-order valence-corrected chi connectivity index (χ1v) is 5.88. The van der Waals surface area contributed by atoms with E-state index < -0.39 is 0 Å². The van der Waals surface area contributed by atoms with Crippen LogP contribution in [0, 0.1) is 0 Å². The van der Waals surface area contributed by atoms with E-state index in [4.69, 9.17) is 5.73 Å². The first-order valence-electron chi connectivity index (χ1n) is 5.88. The van der Waals surface area contributed by atoms with E-state index in [9.17, 15) is 4.79 Å². The molecule has 1 aliphatic rings. The second-order valence-electron chi connectivity index (χ2n) is 4.21. The van der Waals surface area contributed by atoms with Crippen LogP contribution in [0.15, 0.2) is 24.4 Å². The Hall–Kier alpha value is -1.46. The second kappa shape index (κ2) is 5.25. The monoisotopic (exact) mass is 234 g/mol. The zero-order valence-corrected chi connectivity index (χ0v) is 9.97. The molecule has 2 unspecified atom stereocenters. The number of carbonyl (C=O) groups excluding carboxylic acids is 1. The minimum Gasteiger partial charge on any atom is -0.353 e. The summed E-state index contributed by atoms with van der Waals surface area (Å²) in [7, 11) is 0. The first-order chi connectivity index (χ1) is 8.24. The molecule has 92 valence electrons. The lowest BCUT2D eigenvalue weighted by molar-refractivity contribution is -0.129. The molecule has 0 saturated carbocycles. The molecule has 1 amide bonds. The van der Waals surface area contributed by atoms with E-state index in [0.29, 0.717) is 13.1 Å². The van der Waals surface area contributed by atoms with Gasteiger partial charge in [0.25, 0.3) is 0 Å². The molecule has 1 aromatic heterocycles. The highest BCUT2D eigenvalue weighted by Gasteiger charge is 2.31. The third-order valence-electron chi connectivity index (χ3n) is 3.20. The molecule has 0 bridgehead atoms. The number of piperazine rings is 1. The van der Waals surface area contributed by atoms with Crippen LogP contribution in [0.1, 0.15) is 18.7 Å². The van der Waals surface area contributed by atoms with Crippen LogP contribution in [-0.4, -0.2) is 41.5 Å². The largest absolute Gasteiger partial charge is 0.353 e. The van der Waals surface area contributed by atoms with Gasteiger partial charge in [0.05, 0.1) is 17.8 Å². The summed E-state index contributed by atoms with van der Waals surface area (Å²) in [6, 6.07) is 5.64. The highest BCUT2D eigenvalue weighted by atomic mass is 16.2. The Morgan fingerprint density at radius 1 is 1.65 bits per heavy atom. The number of carbonyl (C=O) groups is 1. The van der Waals surface area contributed by atoms with Crippen LogP contribution >= 0.6 is 0 Å². The number of hydrogen-bond acceptors (Lipinski definition) is 4. The van der Waals surface area contributed by atoms with Crippen molar-refractivity contribution >= 4 is 5.91 Å². The fourth-order valence-corrected chi connectivity index (χ4v) is 2.23. The maximum atomic E-state index is 11.6. The van der Waals surface area contributed by atoms with Gasteiger partial charge in [-0.25, -0.2) is 0 Å². The van der Waals surface area contributed by atoms with Gasteiger partial charge in [-0.05, 0) is 19.1 Å². The lowest BCUT2D eigenvalue weighted by Gasteiger charge is -2.38. The van der Waals surface area contributed by atoms with Crippen LogP contribution in [0.2, 0.25) is 0 Å². The smallest absolute Gasteiger partial charge is 0.237 e. The van der Waals surface area contributed by atoms with Crippen LogP contribution in [0.25, 0.3) is 0 Å². The van der Waals surface area contributed by atoms with Crippen molar-refractivity contribution in [2.45, 2.75) is 19.0 Å². The lowest BCUT2D eigenvalue weighted by atomic mass is 10.1. The Kier molecular flexibility index (Phi) is 3.71. The highest BCUT2D eigenvalue weighted by Crippen LogP contribution is 2.21. The summed E-state index contributed by atoms with van der Waals surface area (Å²) in [5.74, 6) is 0.0608. The van der Waals surface area contributed by atoms with E-state index in [0.717, 1.165) is 12.2 Å². The zero-order chi connectivity index (χ0) is 12.3. The van der Waals surface area contributed by atoms with Gasteiger partial charge in [0.15, 0.2) is 0 Å². The van der Waals surface area contributed by atoms with E-state index in [2.05, 4.69) is 15.2 Å². The van der Waals surface area contributed by atoms with Gasteiger partial charge >= 0.3 is 0 Å². The van der Waals surface area contributed by atoms with Crippen LogP contribution in [0.4, 0.5) is 0 Å². The number of nitrogens with two attached hydrogens (primary N) is 1. The molecule has 0 aromatic carbocycles. The fraction of sp³-hybridized carbons (Fsp3) is 0.500. The standard InChI is InChI=1S/C12H18N4O/c1-9-12(17)15-6-7-16(9)11(8-13)10-4-2-3-5-14-10/h2-5,9,11H,6-8,13H2,1H3,(H,15,17). The highest BCUT2D eigenvalue weighted by molar-refractivity contribution is 5.82. The summed E-state index contributed by atoms with van der Waals surface area (Å²) >= 11 is 0. The average molecular weight is 234 g/mol. The molecule has 1 aromatic rings. The maximum absolute atomic E-state index is 11.6. The van der Waals surface area contributed by atoms with E-state index >= 15 is 0 Å². The van der Waals surface area contributed by atoms with Crippen LogP contribution < -0.4 is 11.1 Å². The summed E-state index contributed by atoms with van der Waals surface area (Å²) in [6.07, 6.45) is 1.76. The zero-order valence-electron chi connectivity index (χ0n) is 9.97. The number of aromatic nitrogens is 1. The molecular formula is C12H18N4O. The molecule has 2 atom stereocenters. The van der Waals surface area contributed by atoms with Crippen molar-refractivity contribution in [3.63, 3.8) is 0 Å². The Morgan fingerprint density at radius 3 is 3.12 bits per heavy atom. The quantitative estimate of drug-likeness (QED) is 0.766. The number of rotatable bonds is 3. The van der Waals surface area contributed by atoms with E-state index in [1.807, 2.05) is 25.1 Å². The van der Waals surface area contributed by atoms with Crippen LogP contribution in [0.3, 0.4) is 0 Å². The van der Waals surface area contributed by atoms with E-state index in [1.165, 1.54) is 0 Å². The molecule has 2 heterocycles. The third kappa shape index (κ3) is 2.45. The molecule has 5 nitrogen and oxygen atoms in total. The van der Waals surface area contributed by atoms with Gasteiger partial charge < -0.3 is 11.1 Å². The third-order valence-corrected chi connectivity index (χ3v) is 3.20. The number of hydrogen-bond donors (Lipinski definition) is 2. The molecule has 2 rings (SSSR count). The summed E-state index contributed by atoms with van der Waals surface area (Å²) in [5, 5.41) is 2.85. The Balaban J connectivity index is 2.21. The minimum atomic E-state index is -0.153. The van der Waals surface area contributed by atoms with Gasteiger partial charge in [0.1, 0.15) is 0 Å². The van der Waals surface area contributed by atoms with E-state index in [1.54, 1.807) is 6.20 Å². The SMILES string of the molecule is CC1C(=O)NCCN1C(CN)c1ccccn1. The minimum absolute atomic E-state index is 0.0113. The van der Waals surface area contributed by atoms with Gasteiger partial charge in [0, 0.05) is 25.8 Å².